The Bertz CT molecular complexity index is 650. The molecule has 22 heavy (non-hydrogen) atoms. The van der Waals surface area contributed by atoms with E-state index < -0.39 is 0 Å². The Hall–Kier alpha value is -2.25. The van der Waals surface area contributed by atoms with Crippen molar-refractivity contribution in [1.29, 1.82) is 5.26 Å². The van der Waals surface area contributed by atoms with Crippen LogP contribution in [0.3, 0.4) is 0 Å². The van der Waals surface area contributed by atoms with Gasteiger partial charge in [0.15, 0.2) is 5.82 Å². The fraction of sp³-hybridized carbons (Fsp3) is 0.389. The number of aromatic nitrogens is 2. The van der Waals surface area contributed by atoms with Crippen LogP contribution in [0.4, 0.5) is 0 Å². The highest BCUT2D eigenvalue weighted by Gasteiger charge is 2.22. The van der Waals surface area contributed by atoms with Crippen molar-refractivity contribution in [3.05, 3.63) is 47.8 Å². The largest absolute Gasteiger partial charge is 0.381 e. The zero-order valence-corrected chi connectivity index (χ0v) is 12.7. The maximum absolute atomic E-state index is 8.83. The van der Waals surface area contributed by atoms with E-state index in [0.717, 1.165) is 31.2 Å². The van der Waals surface area contributed by atoms with Gasteiger partial charge in [-0.15, -0.1) is 0 Å². The zero-order valence-electron chi connectivity index (χ0n) is 12.7. The highest BCUT2D eigenvalue weighted by atomic mass is 16.5. The highest BCUT2D eigenvalue weighted by molar-refractivity contribution is 5.56. The summed E-state index contributed by atoms with van der Waals surface area (Å²) in [6.45, 7) is 0. The molecule has 0 unspecified atom stereocenters. The number of nitriles is 1. The Morgan fingerprint density at radius 2 is 1.68 bits per heavy atom. The summed E-state index contributed by atoms with van der Waals surface area (Å²) in [5.74, 6) is 1.25. The molecule has 1 aromatic carbocycles. The second-order valence-electron chi connectivity index (χ2n) is 5.74. The molecule has 0 bridgehead atoms. The molecule has 2 aromatic rings. The lowest BCUT2D eigenvalue weighted by molar-refractivity contribution is 0.0658. The molecular weight excluding hydrogens is 274 g/mol. The van der Waals surface area contributed by atoms with Gasteiger partial charge in [-0.3, -0.25) is 0 Å². The number of nitrogens with zero attached hydrogens (tertiary/aromatic N) is 3. The Balaban J connectivity index is 1.71. The summed E-state index contributed by atoms with van der Waals surface area (Å²) in [5.41, 5.74) is 2.80. The molecule has 1 heterocycles. The highest BCUT2D eigenvalue weighted by Crippen LogP contribution is 2.33. The maximum atomic E-state index is 8.83. The molecule has 3 rings (SSSR count). The van der Waals surface area contributed by atoms with Gasteiger partial charge in [0.1, 0.15) is 0 Å². The third kappa shape index (κ3) is 3.15. The minimum absolute atomic E-state index is 0.412. The molecule has 4 heteroatoms. The van der Waals surface area contributed by atoms with E-state index in [0.29, 0.717) is 23.4 Å². The van der Waals surface area contributed by atoms with E-state index in [1.54, 1.807) is 19.2 Å². The lowest BCUT2D eigenvalue weighted by Crippen LogP contribution is -2.19. The van der Waals surface area contributed by atoms with Gasteiger partial charge in [-0.2, -0.15) is 5.26 Å². The van der Waals surface area contributed by atoms with Gasteiger partial charge in [0, 0.05) is 25.1 Å². The second-order valence-corrected chi connectivity index (χ2v) is 5.74. The van der Waals surface area contributed by atoms with Crippen LogP contribution in [-0.2, 0) is 4.74 Å². The van der Waals surface area contributed by atoms with E-state index in [4.69, 9.17) is 10.00 Å². The fourth-order valence-electron chi connectivity index (χ4n) is 3.02. The third-order valence-electron chi connectivity index (χ3n) is 4.42. The molecule has 0 amide bonds. The summed E-state index contributed by atoms with van der Waals surface area (Å²) in [5, 5.41) is 8.83. The summed E-state index contributed by atoms with van der Waals surface area (Å²) < 4.78 is 5.42. The number of benzene rings is 1. The Morgan fingerprint density at radius 3 is 2.23 bits per heavy atom. The van der Waals surface area contributed by atoms with Crippen LogP contribution in [-0.4, -0.2) is 23.2 Å². The van der Waals surface area contributed by atoms with Crippen molar-refractivity contribution in [1.82, 2.24) is 9.97 Å². The monoisotopic (exact) mass is 293 g/mol. The molecule has 1 aliphatic carbocycles. The third-order valence-corrected chi connectivity index (χ3v) is 4.42. The molecule has 112 valence electrons. The average Bonchev–Trinajstić information content (AvgIpc) is 2.62. The molecular formula is C18H19N3O. The zero-order chi connectivity index (χ0) is 15.4. The van der Waals surface area contributed by atoms with Crippen LogP contribution in [0.2, 0.25) is 0 Å². The van der Waals surface area contributed by atoms with Gasteiger partial charge in [0.25, 0.3) is 0 Å². The minimum atomic E-state index is 0.412. The van der Waals surface area contributed by atoms with Gasteiger partial charge in [-0.1, -0.05) is 0 Å². The van der Waals surface area contributed by atoms with E-state index in [1.165, 1.54) is 5.56 Å². The molecule has 0 atom stereocenters. The topological polar surface area (TPSA) is 58.8 Å². The molecule has 1 aromatic heterocycles. The summed E-state index contributed by atoms with van der Waals surface area (Å²) in [6, 6.07) is 9.47. The molecule has 0 spiro atoms. The van der Waals surface area contributed by atoms with Crippen LogP contribution < -0.4 is 0 Å². The van der Waals surface area contributed by atoms with E-state index >= 15 is 0 Å². The van der Waals surface area contributed by atoms with Crippen LogP contribution in [0.1, 0.15) is 42.7 Å². The first kappa shape index (κ1) is 14.7. The smallest absolute Gasteiger partial charge is 0.159 e. The van der Waals surface area contributed by atoms with Crippen molar-refractivity contribution in [3.63, 3.8) is 0 Å². The lowest BCUT2D eigenvalue weighted by Gasteiger charge is -2.27. The predicted molar refractivity (Wildman–Crippen MR) is 84.2 cm³/mol. The van der Waals surface area contributed by atoms with E-state index in [1.807, 2.05) is 24.5 Å². The Labute approximate surface area is 130 Å². The molecule has 0 radical (unpaired) electrons. The minimum Gasteiger partial charge on any atom is -0.381 e. The van der Waals surface area contributed by atoms with Gasteiger partial charge in [-0.25, -0.2) is 9.97 Å². The van der Waals surface area contributed by atoms with Crippen molar-refractivity contribution < 1.29 is 4.74 Å². The molecule has 4 nitrogen and oxygen atoms in total. The molecule has 1 fully saturated rings. The molecule has 0 aliphatic heterocycles. The number of rotatable bonds is 3. The van der Waals surface area contributed by atoms with Gasteiger partial charge in [-0.05, 0) is 61.4 Å². The fourth-order valence-corrected chi connectivity index (χ4v) is 3.02. The van der Waals surface area contributed by atoms with Crippen molar-refractivity contribution >= 4 is 0 Å². The summed E-state index contributed by atoms with van der Waals surface area (Å²) >= 11 is 0. The number of hydrogen-bond acceptors (Lipinski definition) is 4. The van der Waals surface area contributed by atoms with Crippen molar-refractivity contribution in [2.24, 2.45) is 0 Å². The van der Waals surface area contributed by atoms with Gasteiger partial charge in [0.2, 0.25) is 0 Å². The van der Waals surface area contributed by atoms with Gasteiger partial charge >= 0.3 is 0 Å². The molecule has 1 saturated carbocycles. The summed E-state index contributed by atoms with van der Waals surface area (Å²) in [6.07, 6.45) is 8.79. The second kappa shape index (κ2) is 6.67. The lowest BCUT2D eigenvalue weighted by atomic mass is 9.84. The first-order valence-electron chi connectivity index (χ1n) is 7.65. The summed E-state index contributed by atoms with van der Waals surface area (Å²) in [7, 11) is 1.79. The summed E-state index contributed by atoms with van der Waals surface area (Å²) in [4.78, 5) is 8.99. The van der Waals surface area contributed by atoms with Crippen LogP contribution in [0.5, 0.6) is 0 Å². The Morgan fingerprint density at radius 1 is 1.05 bits per heavy atom. The van der Waals surface area contributed by atoms with Crippen molar-refractivity contribution in [2.45, 2.75) is 37.7 Å². The number of hydrogen-bond donors (Lipinski definition) is 0. The van der Waals surface area contributed by atoms with Crippen LogP contribution in [0.25, 0.3) is 11.4 Å². The van der Waals surface area contributed by atoms with Crippen LogP contribution in [0.15, 0.2) is 36.7 Å². The Kier molecular flexibility index (Phi) is 4.45. The molecule has 0 N–H and O–H groups in total. The van der Waals surface area contributed by atoms with Crippen LogP contribution in [0, 0.1) is 11.3 Å². The first-order chi connectivity index (χ1) is 10.8. The normalized spacial score (nSPS) is 21.3. The van der Waals surface area contributed by atoms with E-state index in [-0.39, 0.29) is 0 Å². The number of ether oxygens (including phenoxy) is 1. The SMILES string of the molecule is COC1CCC(c2cnc(-c3ccc(C#N)cc3)nc2)CC1. The molecule has 1 aliphatic rings. The van der Waals surface area contributed by atoms with Crippen molar-refractivity contribution in [3.8, 4) is 17.5 Å². The standard InChI is InChI=1S/C18H19N3O/c1-22-17-8-6-14(7-9-17)16-11-20-18(21-12-16)15-4-2-13(10-19)3-5-15/h2-5,11-12,14,17H,6-9H2,1H3. The quantitative estimate of drug-likeness (QED) is 0.866. The van der Waals surface area contributed by atoms with Crippen LogP contribution >= 0.6 is 0 Å². The number of methoxy groups -OCH3 is 1. The van der Waals surface area contributed by atoms with E-state index in [9.17, 15) is 0 Å². The maximum Gasteiger partial charge on any atom is 0.159 e. The predicted octanol–water partition coefficient (Wildman–Crippen LogP) is 3.69. The first-order valence-corrected chi connectivity index (χ1v) is 7.65. The molecule has 0 saturated heterocycles. The van der Waals surface area contributed by atoms with Crippen molar-refractivity contribution in [2.75, 3.05) is 7.11 Å². The average molecular weight is 293 g/mol. The van der Waals surface area contributed by atoms with Gasteiger partial charge in [0.05, 0.1) is 17.7 Å². The van der Waals surface area contributed by atoms with E-state index in [2.05, 4.69) is 16.0 Å². The van der Waals surface area contributed by atoms with Gasteiger partial charge < -0.3 is 4.74 Å².